The number of nitrogens with one attached hydrogen (secondary N) is 1. The molecule has 0 spiro atoms. The highest BCUT2D eigenvalue weighted by Gasteiger charge is 2.44. The fourth-order valence-corrected chi connectivity index (χ4v) is 6.02. The Labute approximate surface area is 222 Å². The van der Waals surface area contributed by atoms with Crippen LogP contribution in [0.3, 0.4) is 0 Å². The summed E-state index contributed by atoms with van der Waals surface area (Å²) < 4.78 is 0. The zero-order valence-corrected chi connectivity index (χ0v) is 21.5. The quantitative estimate of drug-likeness (QED) is 0.488. The summed E-state index contributed by atoms with van der Waals surface area (Å²) in [5.41, 5.74) is 10.6. The molecule has 2 bridgehead atoms. The monoisotopic (exact) mass is 508 g/mol. The van der Waals surface area contributed by atoms with Crippen molar-refractivity contribution in [3.05, 3.63) is 76.7 Å². The van der Waals surface area contributed by atoms with E-state index in [4.69, 9.17) is 10.7 Å². The number of H-pyrrole nitrogens is 1. The topological polar surface area (TPSA) is 118 Å². The van der Waals surface area contributed by atoms with Gasteiger partial charge in [-0.25, -0.2) is 4.98 Å². The molecule has 9 heteroatoms. The van der Waals surface area contributed by atoms with Gasteiger partial charge < -0.3 is 20.5 Å². The molecule has 38 heavy (non-hydrogen) atoms. The lowest BCUT2D eigenvalue weighted by Gasteiger charge is -2.56. The van der Waals surface area contributed by atoms with Gasteiger partial charge in [0.1, 0.15) is 11.9 Å². The molecule has 3 N–H and O–H groups in total. The van der Waals surface area contributed by atoms with E-state index in [1.165, 1.54) is 19.0 Å². The fraction of sp³-hybridized carbons (Fsp3) is 0.379. The maximum Gasteiger partial charge on any atom is 0.247 e. The highest BCUT2D eigenvalue weighted by molar-refractivity contribution is 5.86. The van der Waals surface area contributed by atoms with Gasteiger partial charge >= 0.3 is 0 Å². The molecule has 3 aromatic rings. The molecule has 0 aliphatic carbocycles. The number of hydrogen-bond acceptors (Lipinski definition) is 8. The zero-order chi connectivity index (χ0) is 26.2. The summed E-state index contributed by atoms with van der Waals surface area (Å²) in [7, 11) is 0. The standard InChI is InChI=1S/C29H32N8O/c1-19-6-7-35(15-19)23-9-26(29(34-14-23)22(10-30)11-31)21-3-4-27(32-13-21)36-17-24-8-25(18-36)37(24)16-20-2-5-28(38)33-12-20/h2-5,9-10,12-14,19,24-25H,6-8,15-18,30H2,1H3,(H,33,38)/t19-,24?,25?/m0/s1. The van der Waals surface area contributed by atoms with Crippen LogP contribution in [0.5, 0.6) is 0 Å². The smallest absolute Gasteiger partial charge is 0.247 e. The van der Waals surface area contributed by atoms with E-state index in [1.54, 1.807) is 6.07 Å². The molecule has 0 radical (unpaired) electrons. The number of hydrogen-bond donors (Lipinski definition) is 2. The van der Waals surface area contributed by atoms with Crippen molar-refractivity contribution in [3.8, 4) is 17.2 Å². The van der Waals surface area contributed by atoms with Gasteiger partial charge in [0.25, 0.3) is 0 Å². The molecule has 4 aliphatic heterocycles. The number of allylic oxidation sites excluding steroid dienone is 1. The summed E-state index contributed by atoms with van der Waals surface area (Å²) in [6.07, 6.45) is 9.23. The average Bonchev–Trinajstić information content (AvgIpc) is 3.40. The summed E-state index contributed by atoms with van der Waals surface area (Å²) in [5.74, 6) is 1.61. The van der Waals surface area contributed by atoms with E-state index in [0.717, 1.165) is 60.9 Å². The second kappa shape index (κ2) is 9.95. The second-order valence-corrected chi connectivity index (χ2v) is 10.7. The predicted octanol–water partition coefficient (Wildman–Crippen LogP) is 2.96. The summed E-state index contributed by atoms with van der Waals surface area (Å²) in [5, 5.41) is 9.65. The Bertz CT molecular complexity index is 1420. The Morgan fingerprint density at radius 3 is 2.63 bits per heavy atom. The van der Waals surface area contributed by atoms with Gasteiger partial charge in [-0.05, 0) is 42.5 Å². The number of aromatic amines is 1. The van der Waals surface area contributed by atoms with E-state index in [1.807, 2.05) is 24.7 Å². The van der Waals surface area contributed by atoms with Crippen LogP contribution in [-0.2, 0) is 6.54 Å². The number of fused-ring (bicyclic) bond motifs is 2. The van der Waals surface area contributed by atoms with Gasteiger partial charge in [-0.1, -0.05) is 13.0 Å². The van der Waals surface area contributed by atoms with Gasteiger partial charge in [0.2, 0.25) is 5.56 Å². The Morgan fingerprint density at radius 2 is 2.00 bits per heavy atom. The van der Waals surface area contributed by atoms with Gasteiger partial charge in [-0.3, -0.25) is 14.7 Å². The molecule has 9 nitrogen and oxygen atoms in total. The molecule has 0 amide bonds. The van der Waals surface area contributed by atoms with Crippen molar-refractivity contribution >= 4 is 17.1 Å². The third-order valence-corrected chi connectivity index (χ3v) is 8.15. The number of nitrogens with zero attached hydrogens (tertiary/aromatic N) is 6. The minimum absolute atomic E-state index is 0.0681. The van der Waals surface area contributed by atoms with Crippen LogP contribution < -0.4 is 21.1 Å². The molecule has 2 unspecified atom stereocenters. The van der Waals surface area contributed by atoms with Gasteiger partial charge in [0.05, 0.1) is 23.2 Å². The second-order valence-electron chi connectivity index (χ2n) is 10.7. The van der Waals surface area contributed by atoms with Crippen molar-refractivity contribution < 1.29 is 0 Å². The van der Waals surface area contributed by atoms with Crippen LogP contribution in [0.4, 0.5) is 11.5 Å². The molecule has 4 saturated heterocycles. The molecule has 4 aliphatic rings. The van der Waals surface area contributed by atoms with Crippen molar-refractivity contribution in [3.63, 3.8) is 0 Å². The first-order valence-electron chi connectivity index (χ1n) is 13.2. The Kier molecular flexibility index (Phi) is 6.34. The van der Waals surface area contributed by atoms with Crippen molar-refractivity contribution in [1.82, 2.24) is 19.9 Å². The van der Waals surface area contributed by atoms with Gasteiger partial charge in [-0.15, -0.1) is 0 Å². The van der Waals surface area contributed by atoms with Gasteiger partial charge in [0, 0.05) is 80.6 Å². The maximum atomic E-state index is 11.4. The summed E-state index contributed by atoms with van der Waals surface area (Å²) in [6.45, 7) is 6.99. The highest BCUT2D eigenvalue weighted by atomic mass is 16.1. The molecule has 0 saturated carbocycles. The lowest BCUT2D eigenvalue weighted by Crippen LogP contribution is -2.68. The number of piperidine rings is 1. The van der Waals surface area contributed by atoms with E-state index < -0.39 is 0 Å². The largest absolute Gasteiger partial charge is 0.403 e. The first-order chi connectivity index (χ1) is 18.5. The highest BCUT2D eigenvalue weighted by Crippen LogP contribution is 2.37. The van der Waals surface area contributed by atoms with E-state index in [2.05, 4.69) is 55.9 Å². The number of aromatic nitrogens is 3. The number of pyridine rings is 3. The van der Waals surface area contributed by atoms with Crippen LogP contribution in [0.15, 0.2) is 59.9 Å². The molecule has 7 heterocycles. The first kappa shape index (κ1) is 24.2. The number of nitriles is 1. The van der Waals surface area contributed by atoms with E-state index in [0.29, 0.717) is 29.3 Å². The Balaban J connectivity index is 1.20. The molecule has 0 aromatic carbocycles. The third-order valence-electron chi connectivity index (χ3n) is 8.15. The maximum absolute atomic E-state index is 11.4. The summed E-state index contributed by atoms with van der Waals surface area (Å²) in [6, 6.07) is 12.9. The molecule has 7 rings (SSSR count). The molecule has 3 aromatic heterocycles. The SMILES string of the molecule is C[C@H]1CCN(c2cnc(C(C#N)=CN)c(-c3ccc(N4CC5CC(C4)N5Cc4ccc(=O)[nH]c4)nc3)c2)C1. The predicted molar refractivity (Wildman–Crippen MR) is 148 cm³/mol. The normalized spacial score (nSPS) is 23.3. The zero-order valence-electron chi connectivity index (χ0n) is 21.5. The number of piperazine rings is 1. The van der Waals surface area contributed by atoms with E-state index in [9.17, 15) is 10.1 Å². The van der Waals surface area contributed by atoms with Crippen LogP contribution in [-0.4, -0.2) is 58.1 Å². The Hall–Kier alpha value is -4.16. The van der Waals surface area contributed by atoms with E-state index in [-0.39, 0.29) is 5.56 Å². The summed E-state index contributed by atoms with van der Waals surface area (Å²) >= 11 is 0. The van der Waals surface area contributed by atoms with E-state index >= 15 is 0 Å². The van der Waals surface area contributed by atoms with Crippen molar-refractivity contribution in [1.29, 1.82) is 5.26 Å². The number of anilines is 2. The molecular formula is C29H32N8O. The molecule has 194 valence electrons. The van der Waals surface area contributed by atoms with Gasteiger partial charge in [-0.2, -0.15) is 5.26 Å². The first-order valence-corrected chi connectivity index (χ1v) is 13.2. The average molecular weight is 509 g/mol. The number of rotatable bonds is 6. The van der Waals surface area contributed by atoms with Crippen molar-refractivity contribution in [2.45, 2.75) is 38.4 Å². The number of nitrogens with two attached hydrogens (primary N) is 1. The van der Waals surface area contributed by atoms with Crippen LogP contribution in [0.2, 0.25) is 0 Å². The lowest BCUT2D eigenvalue weighted by molar-refractivity contribution is -0.00876. The fourth-order valence-electron chi connectivity index (χ4n) is 6.02. The minimum Gasteiger partial charge on any atom is -0.403 e. The van der Waals surface area contributed by atoms with Crippen molar-refractivity contribution in [2.24, 2.45) is 11.7 Å². The lowest BCUT2D eigenvalue weighted by atomic mass is 9.87. The van der Waals surface area contributed by atoms with Crippen LogP contribution in [0.1, 0.15) is 31.0 Å². The molecule has 3 atom stereocenters. The van der Waals surface area contributed by atoms with Crippen LogP contribution in [0, 0.1) is 17.2 Å². The molecular weight excluding hydrogens is 476 g/mol. The molecule has 4 fully saturated rings. The third kappa shape index (κ3) is 4.52. The van der Waals surface area contributed by atoms with Gasteiger partial charge in [0.15, 0.2) is 0 Å². The van der Waals surface area contributed by atoms with Crippen LogP contribution >= 0.6 is 0 Å². The van der Waals surface area contributed by atoms with Crippen LogP contribution in [0.25, 0.3) is 16.7 Å². The minimum atomic E-state index is -0.0681. The van der Waals surface area contributed by atoms with Crippen molar-refractivity contribution in [2.75, 3.05) is 36.0 Å². The Morgan fingerprint density at radius 1 is 1.16 bits per heavy atom. The summed E-state index contributed by atoms with van der Waals surface area (Å²) in [4.78, 5) is 30.9.